The Morgan fingerprint density at radius 2 is 2.43 bits per heavy atom. The SMILES string of the molecule is O=NN1CC=CCC1C1=CCCN=C1. The van der Waals surface area contributed by atoms with Crippen LogP contribution in [0.2, 0.25) is 0 Å². The zero-order chi connectivity index (χ0) is 9.80. The molecule has 4 heteroatoms. The van der Waals surface area contributed by atoms with Gasteiger partial charge in [0.05, 0.1) is 17.9 Å². The molecule has 1 unspecified atom stereocenters. The highest BCUT2D eigenvalue weighted by Crippen LogP contribution is 2.20. The Hall–Kier alpha value is -1.45. The van der Waals surface area contributed by atoms with E-state index in [1.54, 1.807) is 5.01 Å². The van der Waals surface area contributed by atoms with Crippen LogP contribution in [0, 0.1) is 4.91 Å². The molecule has 2 aliphatic rings. The van der Waals surface area contributed by atoms with Gasteiger partial charge in [-0.3, -0.25) is 4.99 Å². The molecule has 2 heterocycles. The fourth-order valence-corrected chi connectivity index (χ4v) is 1.81. The fourth-order valence-electron chi connectivity index (χ4n) is 1.81. The Labute approximate surface area is 83.0 Å². The van der Waals surface area contributed by atoms with E-state index in [4.69, 9.17) is 0 Å². The zero-order valence-electron chi connectivity index (χ0n) is 7.97. The van der Waals surface area contributed by atoms with E-state index in [1.807, 2.05) is 12.3 Å². The Bertz CT molecular complexity index is 306. The molecule has 0 radical (unpaired) electrons. The summed E-state index contributed by atoms with van der Waals surface area (Å²) >= 11 is 0. The van der Waals surface area contributed by atoms with Crippen molar-refractivity contribution in [1.29, 1.82) is 0 Å². The fraction of sp³-hybridized carbons (Fsp3) is 0.500. The maximum Gasteiger partial charge on any atom is 0.0801 e. The van der Waals surface area contributed by atoms with E-state index in [-0.39, 0.29) is 6.04 Å². The minimum absolute atomic E-state index is 0.0987. The van der Waals surface area contributed by atoms with Gasteiger partial charge in [0, 0.05) is 12.8 Å². The summed E-state index contributed by atoms with van der Waals surface area (Å²) in [6, 6.07) is 0.0987. The molecule has 0 fully saturated rings. The lowest BCUT2D eigenvalue weighted by molar-refractivity contribution is 0.248. The van der Waals surface area contributed by atoms with Crippen LogP contribution in [0.3, 0.4) is 0 Å². The second kappa shape index (κ2) is 4.17. The molecule has 74 valence electrons. The van der Waals surface area contributed by atoms with Gasteiger partial charge in [0.2, 0.25) is 0 Å². The number of rotatable bonds is 2. The molecule has 1 atom stereocenters. The van der Waals surface area contributed by atoms with Gasteiger partial charge in [-0.2, -0.15) is 0 Å². The lowest BCUT2D eigenvalue weighted by atomic mass is 9.99. The van der Waals surface area contributed by atoms with E-state index in [9.17, 15) is 4.91 Å². The maximum absolute atomic E-state index is 10.6. The second-order valence-electron chi connectivity index (χ2n) is 3.45. The summed E-state index contributed by atoms with van der Waals surface area (Å²) in [7, 11) is 0. The van der Waals surface area contributed by atoms with Crippen molar-refractivity contribution in [3.8, 4) is 0 Å². The summed E-state index contributed by atoms with van der Waals surface area (Å²) < 4.78 is 0. The molecule has 0 bridgehead atoms. The van der Waals surface area contributed by atoms with Gasteiger partial charge in [0.15, 0.2) is 0 Å². The molecule has 4 nitrogen and oxygen atoms in total. The number of dihydropyridines is 1. The minimum atomic E-state index is 0.0987. The zero-order valence-corrected chi connectivity index (χ0v) is 7.97. The Balaban J connectivity index is 2.15. The lowest BCUT2D eigenvalue weighted by Gasteiger charge is -2.28. The van der Waals surface area contributed by atoms with Crippen LogP contribution < -0.4 is 0 Å². The van der Waals surface area contributed by atoms with Crippen molar-refractivity contribution >= 4 is 6.21 Å². The molecule has 0 saturated heterocycles. The summed E-state index contributed by atoms with van der Waals surface area (Å²) in [5.74, 6) is 0. The minimum Gasteiger partial charge on any atom is -0.293 e. The molecule has 0 aromatic carbocycles. The van der Waals surface area contributed by atoms with Crippen LogP contribution in [0.25, 0.3) is 0 Å². The highest BCUT2D eigenvalue weighted by Gasteiger charge is 2.22. The first-order valence-corrected chi connectivity index (χ1v) is 4.86. The summed E-state index contributed by atoms with van der Waals surface area (Å²) in [6.45, 7) is 1.47. The van der Waals surface area contributed by atoms with Crippen LogP contribution in [-0.4, -0.2) is 30.4 Å². The van der Waals surface area contributed by atoms with E-state index in [0.29, 0.717) is 6.54 Å². The van der Waals surface area contributed by atoms with Crippen molar-refractivity contribution in [2.45, 2.75) is 18.9 Å². The second-order valence-corrected chi connectivity index (χ2v) is 3.45. The molecule has 2 rings (SSSR count). The van der Waals surface area contributed by atoms with E-state index < -0.39 is 0 Å². The normalized spacial score (nSPS) is 26.1. The van der Waals surface area contributed by atoms with Crippen molar-refractivity contribution in [3.05, 3.63) is 28.7 Å². The Morgan fingerprint density at radius 3 is 3.14 bits per heavy atom. The molecule has 0 aromatic heterocycles. The molecule has 2 aliphatic heterocycles. The first kappa shape index (κ1) is 9.12. The molecule has 0 N–H and O–H groups in total. The largest absolute Gasteiger partial charge is 0.293 e. The molecule has 0 amide bonds. The van der Waals surface area contributed by atoms with E-state index in [2.05, 4.69) is 22.4 Å². The topological polar surface area (TPSA) is 45.0 Å². The average Bonchev–Trinajstić information content (AvgIpc) is 2.30. The van der Waals surface area contributed by atoms with Crippen LogP contribution in [0.1, 0.15) is 12.8 Å². The van der Waals surface area contributed by atoms with Crippen molar-refractivity contribution in [3.63, 3.8) is 0 Å². The van der Waals surface area contributed by atoms with E-state index >= 15 is 0 Å². The molecule has 0 saturated carbocycles. The van der Waals surface area contributed by atoms with E-state index in [0.717, 1.165) is 25.0 Å². The number of nitroso groups, excluding NO2 is 1. The van der Waals surface area contributed by atoms with Crippen molar-refractivity contribution < 1.29 is 0 Å². The standard InChI is InChI=1S/C10H13N3O/c14-12-13-7-2-1-5-10(13)9-4-3-6-11-8-9/h1-2,4,8,10H,3,5-7H2. The molecule has 14 heavy (non-hydrogen) atoms. The van der Waals surface area contributed by atoms with Gasteiger partial charge in [-0.1, -0.05) is 18.2 Å². The number of aliphatic imine (C=N–C) groups is 1. The summed E-state index contributed by atoms with van der Waals surface area (Å²) in [5.41, 5.74) is 1.13. The lowest BCUT2D eigenvalue weighted by Crippen LogP contribution is -2.35. The summed E-state index contributed by atoms with van der Waals surface area (Å²) in [6.07, 6.45) is 9.90. The Morgan fingerprint density at radius 1 is 1.50 bits per heavy atom. The van der Waals surface area contributed by atoms with Gasteiger partial charge < -0.3 is 0 Å². The molecular formula is C10H13N3O. The quantitative estimate of drug-likeness (QED) is 0.492. The third kappa shape index (κ3) is 1.73. The van der Waals surface area contributed by atoms with Crippen molar-refractivity contribution in [2.24, 2.45) is 10.3 Å². The molecule has 0 aliphatic carbocycles. The maximum atomic E-state index is 10.6. The predicted octanol–water partition coefficient (Wildman–Crippen LogP) is 1.70. The average molecular weight is 191 g/mol. The number of hydrogen-bond acceptors (Lipinski definition) is 3. The monoisotopic (exact) mass is 191 g/mol. The third-order valence-electron chi connectivity index (χ3n) is 2.55. The Kier molecular flexibility index (Phi) is 2.72. The smallest absolute Gasteiger partial charge is 0.0801 e. The molecular weight excluding hydrogens is 178 g/mol. The van der Waals surface area contributed by atoms with Crippen molar-refractivity contribution in [1.82, 2.24) is 5.01 Å². The number of hydrogen-bond donors (Lipinski definition) is 0. The summed E-state index contributed by atoms with van der Waals surface area (Å²) in [4.78, 5) is 14.8. The van der Waals surface area contributed by atoms with Gasteiger partial charge in [-0.05, 0) is 18.4 Å². The van der Waals surface area contributed by atoms with Crippen molar-refractivity contribution in [2.75, 3.05) is 13.1 Å². The van der Waals surface area contributed by atoms with Crippen LogP contribution in [0.15, 0.2) is 34.1 Å². The van der Waals surface area contributed by atoms with Crippen LogP contribution in [0.4, 0.5) is 0 Å². The van der Waals surface area contributed by atoms with Crippen LogP contribution in [-0.2, 0) is 0 Å². The van der Waals surface area contributed by atoms with E-state index in [1.165, 1.54) is 0 Å². The van der Waals surface area contributed by atoms with Crippen LogP contribution >= 0.6 is 0 Å². The number of nitrogens with zero attached hydrogens (tertiary/aromatic N) is 3. The first-order valence-electron chi connectivity index (χ1n) is 4.86. The van der Waals surface area contributed by atoms with Gasteiger partial charge in [-0.25, -0.2) is 5.01 Å². The predicted molar refractivity (Wildman–Crippen MR) is 56.1 cm³/mol. The molecule has 0 aromatic rings. The summed E-state index contributed by atoms with van der Waals surface area (Å²) in [5, 5.41) is 4.61. The third-order valence-corrected chi connectivity index (χ3v) is 2.55. The highest BCUT2D eigenvalue weighted by atomic mass is 16.3. The molecule has 0 spiro atoms. The van der Waals surface area contributed by atoms with Gasteiger partial charge in [0.25, 0.3) is 0 Å². The van der Waals surface area contributed by atoms with Gasteiger partial charge in [0.1, 0.15) is 0 Å². The van der Waals surface area contributed by atoms with Crippen LogP contribution in [0.5, 0.6) is 0 Å². The first-order chi connectivity index (χ1) is 6.92. The van der Waals surface area contributed by atoms with Gasteiger partial charge in [-0.15, -0.1) is 4.91 Å². The highest BCUT2D eigenvalue weighted by molar-refractivity contribution is 5.81. The van der Waals surface area contributed by atoms with Gasteiger partial charge >= 0.3 is 0 Å².